The predicted octanol–water partition coefficient (Wildman–Crippen LogP) is 5.35. The monoisotopic (exact) mass is 292 g/mol. The first-order valence-corrected chi connectivity index (χ1v) is 7.97. The molecule has 0 saturated carbocycles. The molecule has 0 amide bonds. The molecule has 21 heavy (non-hydrogen) atoms. The van der Waals surface area contributed by atoms with E-state index in [9.17, 15) is 0 Å². The summed E-state index contributed by atoms with van der Waals surface area (Å²) in [7, 11) is 1.67. The van der Waals surface area contributed by atoms with Crippen molar-refractivity contribution in [2.75, 3.05) is 13.9 Å². The Bertz CT molecular complexity index is 465. The maximum Gasteiger partial charge on any atom is 0.188 e. The van der Waals surface area contributed by atoms with Crippen LogP contribution >= 0.6 is 0 Å². The minimum Gasteiger partial charge on any atom is -0.467 e. The quantitative estimate of drug-likeness (QED) is 0.658. The Labute approximate surface area is 130 Å². The Morgan fingerprint density at radius 1 is 0.952 bits per heavy atom. The van der Waals surface area contributed by atoms with Gasteiger partial charge in [0, 0.05) is 18.2 Å². The molecule has 0 aliphatic carbocycles. The highest BCUT2D eigenvalue weighted by Gasteiger charge is 2.31. The molecule has 0 unspecified atom stereocenters. The van der Waals surface area contributed by atoms with Crippen LogP contribution in [0.2, 0.25) is 0 Å². The summed E-state index contributed by atoms with van der Waals surface area (Å²) in [5.74, 6) is 1.01. The summed E-state index contributed by atoms with van der Waals surface area (Å²) < 4.78 is 11.2. The van der Waals surface area contributed by atoms with Crippen LogP contribution in [-0.4, -0.2) is 13.9 Å². The molecule has 0 heterocycles. The van der Waals surface area contributed by atoms with E-state index >= 15 is 0 Å². The zero-order chi connectivity index (χ0) is 16.3. The van der Waals surface area contributed by atoms with Gasteiger partial charge in [-0.15, -0.1) is 0 Å². The molecule has 0 saturated heterocycles. The highest BCUT2D eigenvalue weighted by Crippen LogP contribution is 2.43. The normalized spacial score (nSPS) is 12.6. The minimum absolute atomic E-state index is 0.0479. The van der Waals surface area contributed by atoms with Crippen LogP contribution in [0.15, 0.2) is 12.1 Å². The third-order valence-electron chi connectivity index (χ3n) is 4.57. The van der Waals surface area contributed by atoms with Gasteiger partial charge in [0.05, 0.1) is 0 Å². The summed E-state index contributed by atoms with van der Waals surface area (Å²) >= 11 is 0. The smallest absolute Gasteiger partial charge is 0.188 e. The molecule has 0 radical (unpaired) electrons. The SMILES string of the molecule is CCC(C)(CC)c1cc(C)cc(C(C)(C)C)c1OCOC. The first kappa shape index (κ1) is 18.0. The van der Waals surface area contributed by atoms with Crippen molar-refractivity contribution in [2.45, 2.75) is 72.1 Å². The summed E-state index contributed by atoms with van der Waals surface area (Å²) in [5.41, 5.74) is 4.06. The lowest BCUT2D eigenvalue weighted by atomic mass is 9.74. The second-order valence-electron chi connectivity index (χ2n) is 7.26. The molecule has 1 aromatic carbocycles. The fraction of sp³-hybridized carbons (Fsp3) is 0.684. The van der Waals surface area contributed by atoms with Crippen molar-refractivity contribution in [2.24, 2.45) is 0 Å². The van der Waals surface area contributed by atoms with Crippen LogP contribution in [-0.2, 0) is 15.6 Å². The summed E-state index contributed by atoms with van der Waals surface area (Å²) in [6.07, 6.45) is 2.19. The van der Waals surface area contributed by atoms with E-state index in [4.69, 9.17) is 9.47 Å². The molecule has 0 aliphatic heterocycles. The van der Waals surface area contributed by atoms with Crippen molar-refractivity contribution in [3.63, 3.8) is 0 Å². The largest absolute Gasteiger partial charge is 0.467 e. The Morgan fingerprint density at radius 2 is 1.48 bits per heavy atom. The molecule has 0 bridgehead atoms. The van der Waals surface area contributed by atoms with Gasteiger partial charge in [0.1, 0.15) is 5.75 Å². The van der Waals surface area contributed by atoms with Crippen molar-refractivity contribution in [3.05, 3.63) is 28.8 Å². The van der Waals surface area contributed by atoms with Crippen molar-refractivity contribution < 1.29 is 9.47 Å². The van der Waals surface area contributed by atoms with Crippen molar-refractivity contribution in [3.8, 4) is 5.75 Å². The number of ether oxygens (including phenoxy) is 2. The Hall–Kier alpha value is -1.02. The molecule has 0 aromatic heterocycles. The van der Waals surface area contributed by atoms with E-state index in [2.05, 4.69) is 60.6 Å². The van der Waals surface area contributed by atoms with Gasteiger partial charge in [-0.25, -0.2) is 0 Å². The number of aryl methyl sites for hydroxylation is 1. The van der Waals surface area contributed by atoms with Crippen LogP contribution in [0.1, 0.15) is 71.1 Å². The van der Waals surface area contributed by atoms with Crippen molar-refractivity contribution in [1.29, 1.82) is 0 Å². The van der Waals surface area contributed by atoms with Gasteiger partial charge >= 0.3 is 0 Å². The molecular formula is C19H32O2. The summed E-state index contributed by atoms with van der Waals surface area (Å²) in [6, 6.07) is 4.54. The number of rotatable bonds is 6. The molecule has 0 N–H and O–H groups in total. The van der Waals surface area contributed by atoms with Crippen LogP contribution in [0.3, 0.4) is 0 Å². The maximum absolute atomic E-state index is 6.03. The molecule has 0 aliphatic rings. The molecular weight excluding hydrogens is 260 g/mol. The van der Waals surface area contributed by atoms with E-state index in [1.54, 1.807) is 7.11 Å². The molecule has 0 fully saturated rings. The van der Waals surface area contributed by atoms with E-state index in [-0.39, 0.29) is 10.8 Å². The Balaban J connectivity index is 3.57. The molecule has 2 heteroatoms. The lowest BCUT2D eigenvalue weighted by Gasteiger charge is -2.33. The Kier molecular flexibility index (Phi) is 5.86. The van der Waals surface area contributed by atoms with Gasteiger partial charge in [-0.1, -0.05) is 59.2 Å². The number of hydrogen-bond donors (Lipinski definition) is 0. The van der Waals surface area contributed by atoms with Crippen molar-refractivity contribution in [1.82, 2.24) is 0 Å². The average molecular weight is 292 g/mol. The van der Waals surface area contributed by atoms with Crippen LogP contribution in [0.5, 0.6) is 5.75 Å². The van der Waals surface area contributed by atoms with E-state index in [0.29, 0.717) is 6.79 Å². The van der Waals surface area contributed by atoms with Crippen LogP contribution < -0.4 is 4.74 Å². The topological polar surface area (TPSA) is 18.5 Å². The second kappa shape index (κ2) is 6.83. The molecule has 0 spiro atoms. The lowest BCUT2D eigenvalue weighted by molar-refractivity contribution is 0.0481. The first-order valence-electron chi connectivity index (χ1n) is 7.97. The maximum atomic E-state index is 6.03. The summed E-state index contributed by atoms with van der Waals surface area (Å²) in [5, 5.41) is 0. The van der Waals surface area contributed by atoms with E-state index in [1.807, 2.05) is 0 Å². The van der Waals surface area contributed by atoms with Gasteiger partial charge in [-0.2, -0.15) is 0 Å². The van der Waals surface area contributed by atoms with Gasteiger partial charge in [-0.3, -0.25) is 0 Å². The summed E-state index contributed by atoms with van der Waals surface area (Å²) in [6.45, 7) is 16.0. The number of methoxy groups -OCH3 is 1. The van der Waals surface area contributed by atoms with Gasteiger partial charge in [-0.05, 0) is 30.6 Å². The molecule has 1 rings (SSSR count). The van der Waals surface area contributed by atoms with E-state index in [1.165, 1.54) is 16.7 Å². The zero-order valence-corrected chi connectivity index (χ0v) is 15.1. The van der Waals surface area contributed by atoms with Gasteiger partial charge in [0.15, 0.2) is 6.79 Å². The number of hydrogen-bond acceptors (Lipinski definition) is 2. The Morgan fingerprint density at radius 3 is 1.90 bits per heavy atom. The highest BCUT2D eigenvalue weighted by molar-refractivity contribution is 5.51. The molecule has 120 valence electrons. The molecule has 0 atom stereocenters. The van der Waals surface area contributed by atoms with Gasteiger partial charge in [0.25, 0.3) is 0 Å². The third kappa shape index (κ3) is 4.00. The third-order valence-corrected chi connectivity index (χ3v) is 4.57. The minimum atomic E-state index is 0.0479. The van der Waals surface area contributed by atoms with Gasteiger partial charge < -0.3 is 9.47 Å². The highest BCUT2D eigenvalue weighted by atomic mass is 16.7. The van der Waals surface area contributed by atoms with Crippen molar-refractivity contribution >= 4 is 0 Å². The lowest BCUT2D eigenvalue weighted by Crippen LogP contribution is -2.24. The summed E-state index contributed by atoms with van der Waals surface area (Å²) in [4.78, 5) is 0. The van der Waals surface area contributed by atoms with Gasteiger partial charge in [0.2, 0.25) is 0 Å². The van der Waals surface area contributed by atoms with Crippen LogP contribution in [0.4, 0.5) is 0 Å². The van der Waals surface area contributed by atoms with Crippen LogP contribution in [0, 0.1) is 6.92 Å². The predicted molar refractivity (Wildman–Crippen MR) is 90.3 cm³/mol. The number of benzene rings is 1. The fourth-order valence-corrected chi connectivity index (χ4v) is 2.68. The molecule has 1 aromatic rings. The van der Waals surface area contributed by atoms with E-state index < -0.39 is 0 Å². The first-order chi connectivity index (χ1) is 9.69. The second-order valence-corrected chi connectivity index (χ2v) is 7.26. The van der Waals surface area contributed by atoms with E-state index in [0.717, 1.165) is 18.6 Å². The average Bonchev–Trinajstić information content (AvgIpc) is 2.43. The molecule has 2 nitrogen and oxygen atoms in total. The van der Waals surface area contributed by atoms with Crippen LogP contribution in [0.25, 0.3) is 0 Å². The zero-order valence-electron chi connectivity index (χ0n) is 15.1. The standard InChI is InChI=1S/C19H32O2/c1-9-19(7,10-2)16-12-14(3)11-15(18(4,5)6)17(16)21-13-20-8/h11-12H,9-10,13H2,1-8H3. The fourth-order valence-electron chi connectivity index (χ4n) is 2.68.